The molecular weight excluding hydrogens is 373 g/mol. The van der Waals surface area contributed by atoms with Crippen molar-refractivity contribution in [1.82, 2.24) is 5.32 Å². The molecule has 7 heteroatoms. The topological polar surface area (TPSA) is 61.9 Å². The van der Waals surface area contributed by atoms with Crippen LogP contribution in [0, 0.1) is 5.82 Å². The number of ether oxygens (including phenoxy) is 1. The lowest BCUT2D eigenvalue weighted by Gasteiger charge is -2.33. The van der Waals surface area contributed by atoms with Crippen molar-refractivity contribution in [2.75, 3.05) is 49.2 Å². The fourth-order valence-electron chi connectivity index (χ4n) is 3.33. The van der Waals surface area contributed by atoms with Crippen LogP contribution in [0.5, 0.6) is 0 Å². The third kappa shape index (κ3) is 5.77. The Morgan fingerprint density at radius 1 is 1.10 bits per heavy atom. The van der Waals surface area contributed by atoms with Crippen molar-refractivity contribution in [2.45, 2.75) is 13.3 Å². The van der Waals surface area contributed by atoms with Crippen LogP contribution in [0.4, 0.5) is 15.8 Å². The maximum Gasteiger partial charge on any atom is 0.240 e. The fourth-order valence-corrected chi connectivity index (χ4v) is 3.33. The molecule has 1 aliphatic heterocycles. The lowest BCUT2D eigenvalue weighted by atomic mass is 10.1. The number of nitrogens with zero attached hydrogens (tertiary/aromatic N) is 2. The largest absolute Gasteiger partial charge is 0.378 e. The second kappa shape index (κ2) is 10.0. The van der Waals surface area contributed by atoms with E-state index in [-0.39, 0.29) is 24.2 Å². The van der Waals surface area contributed by atoms with Gasteiger partial charge < -0.3 is 19.9 Å². The van der Waals surface area contributed by atoms with E-state index in [1.807, 2.05) is 24.3 Å². The van der Waals surface area contributed by atoms with E-state index in [0.29, 0.717) is 26.2 Å². The molecule has 2 aromatic carbocycles. The fraction of sp³-hybridized carbons (Fsp3) is 0.364. The van der Waals surface area contributed by atoms with Gasteiger partial charge in [-0.2, -0.15) is 0 Å². The van der Waals surface area contributed by atoms with E-state index in [9.17, 15) is 14.0 Å². The number of halogens is 1. The predicted octanol–water partition coefficient (Wildman–Crippen LogP) is 2.37. The van der Waals surface area contributed by atoms with Crippen LogP contribution >= 0.6 is 0 Å². The summed E-state index contributed by atoms with van der Waals surface area (Å²) >= 11 is 0. The molecule has 1 aliphatic rings. The summed E-state index contributed by atoms with van der Waals surface area (Å²) < 4.78 is 18.4. The van der Waals surface area contributed by atoms with E-state index in [0.717, 1.165) is 30.0 Å². The maximum atomic E-state index is 13.0. The summed E-state index contributed by atoms with van der Waals surface area (Å²) in [5, 5.41) is 2.84. The highest BCUT2D eigenvalue weighted by atomic mass is 19.1. The van der Waals surface area contributed by atoms with Gasteiger partial charge in [0.05, 0.1) is 24.6 Å². The molecule has 154 valence electrons. The van der Waals surface area contributed by atoms with Crippen molar-refractivity contribution in [3.63, 3.8) is 0 Å². The number of hydrogen-bond acceptors (Lipinski definition) is 4. The summed E-state index contributed by atoms with van der Waals surface area (Å²) in [4.78, 5) is 28.4. The SMILES string of the molecule is CC(=O)N(CC(=O)NCCc1ccc(F)cc1)c1ccccc1N1CCOCC1. The average Bonchev–Trinajstić information content (AvgIpc) is 2.74. The molecule has 0 aliphatic carbocycles. The minimum absolute atomic E-state index is 0.0555. The molecule has 0 atom stereocenters. The molecule has 29 heavy (non-hydrogen) atoms. The summed E-state index contributed by atoms with van der Waals surface area (Å²) in [5.41, 5.74) is 2.58. The van der Waals surface area contributed by atoms with Gasteiger partial charge in [0, 0.05) is 26.6 Å². The molecular formula is C22H26FN3O3. The van der Waals surface area contributed by atoms with Gasteiger partial charge in [0.1, 0.15) is 12.4 Å². The molecule has 3 rings (SSSR count). The van der Waals surface area contributed by atoms with Crippen LogP contribution < -0.4 is 15.1 Å². The number of anilines is 2. The van der Waals surface area contributed by atoms with Crippen molar-refractivity contribution >= 4 is 23.2 Å². The molecule has 2 amide bonds. The quantitative estimate of drug-likeness (QED) is 0.777. The van der Waals surface area contributed by atoms with E-state index in [2.05, 4.69) is 10.2 Å². The average molecular weight is 399 g/mol. The standard InChI is InChI=1S/C22H26FN3O3/c1-17(27)26(16-22(28)24-11-10-18-6-8-19(23)9-7-18)21-5-3-2-4-20(21)25-12-14-29-15-13-25/h2-9H,10-16H2,1H3,(H,24,28). The maximum absolute atomic E-state index is 13.0. The molecule has 1 fully saturated rings. The highest BCUT2D eigenvalue weighted by molar-refractivity contribution is 6.00. The molecule has 0 saturated carbocycles. The van der Waals surface area contributed by atoms with Crippen molar-refractivity contribution < 1.29 is 18.7 Å². The van der Waals surface area contributed by atoms with Crippen LogP contribution in [0.15, 0.2) is 48.5 Å². The number of rotatable bonds is 7. The number of hydrogen-bond donors (Lipinski definition) is 1. The minimum Gasteiger partial charge on any atom is -0.378 e. The predicted molar refractivity (Wildman–Crippen MR) is 111 cm³/mol. The lowest BCUT2D eigenvalue weighted by molar-refractivity contribution is -0.123. The Balaban J connectivity index is 1.63. The Morgan fingerprint density at radius 2 is 1.79 bits per heavy atom. The first-order chi connectivity index (χ1) is 14.0. The highest BCUT2D eigenvalue weighted by Gasteiger charge is 2.22. The molecule has 0 spiro atoms. The number of carbonyl (C=O) groups excluding carboxylic acids is 2. The summed E-state index contributed by atoms with van der Waals surface area (Å²) in [7, 11) is 0. The Hall–Kier alpha value is -2.93. The van der Waals surface area contributed by atoms with E-state index in [1.54, 1.807) is 12.1 Å². The van der Waals surface area contributed by atoms with Gasteiger partial charge in [-0.15, -0.1) is 0 Å². The van der Waals surface area contributed by atoms with Gasteiger partial charge in [-0.25, -0.2) is 4.39 Å². The first-order valence-electron chi connectivity index (χ1n) is 9.75. The number of carbonyl (C=O) groups is 2. The molecule has 6 nitrogen and oxygen atoms in total. The van der Waals surface area contributed by atoms with Crippen LogP contribution in [0.3, 0.4) is 0 Å². The number of morpholine rings is 1. The minimum atomic E-state index is -0.284. The lowest BCUT2D eigenvalue weighted by Crippen LogP contribution is -2.42. The van der Waals surface area contributed by atoms with Crippen LogP contribution in [0.1, 0.15) is 12.5 Å². The highest BCUT2D eigenvalue weighted by Crippen LogP contribution is 2.30. The Bertz CT molecular complexity index is 835. The summed E-state index contributed by atoms with van der Waals surface area (Å²) in [6.07, 6.45) is 0.594. The van der Waals surface area contributed by atoms with Gasteiger partial charge in [0.15, 0.2) is 0 Å². The first kappa shape index (κ1) is 20.8. The number of nitrogens with one attached hydrogen (secondary N) is 1. The van der Waals surface area contributed by atoms with Gasteiger partial charge in [0.25, 0.3) is 0 Å². The zero-order valence-corrected chi connectivity index (χ0v) is 16.6. The molecule has 1 saturated heterocycles. The molecule has 2 aromatic rings. The molecule has 0 bridgehead atoms. The van der Waals surface area contributed by atoms with Crippen LogP contribution in [-0.2, 0) is 20.7 Å². The third-order valence-electron chi connectivity index (χ3n) is 4.86. The third-order valence-corrected chi connectivity index (χ3v) is 4.86. The second-order valence-electron chi connectivity index (χ2n) is 6.92. The van der Waals surface area contributed by atoms with Gasteiger partial charge in [0.2, 0.25) is 11.8 Å². The van der Waals surface area contributed by atoms with Crippen molar-refractivity contribution in [1.29, 1.82) is 0 Å². The van der Waals surface area contributed by atoms with Crippen LogP contribution in [0.25, 0.3) is 0 Å². The van der Waals surface area contributed by atoms with E-state index >= 15 is 0 Å². The molecule has 0 aromatic heterocycles. The second-order valence-corrected chi connectivity index (χ2v) is 6.92. The zero-order chi connectivity index (χ0) is 20.6. The van der Waals surface area contributed by atoms with Crippen molar-refractivity contribution in [2.24, 2.45) is 0 Å². The first-order valence-corrected chi connectivity index (χ1v) is 9.75. The Labute approximate surface area is 170 Å². The molecule has 0 unspecified atom stereocenters. The van der Waals surface area contributed by atoms with Gasteiger partial charge in [-0.3, -0.25) is 9.59 Å². The number of amides is 2. The number of para-hydroxylation sites is 2. The zero-order valence-electron chi connectivity index (χ0n) is 16.6. The summed E-state index contributed by atoms with van der Waals surface area (Å²) in [6.45, 7) is 4.58. The van der Waals surface area contributed by atoms with Crippen molar-refractivity contribution in [3.05, 3.63) is 59.9 Å². The monoisotopic (exact) mass is 399 g/mol. The van der Waals surface area contributed by atoms with E-state index < -0.39 is 0 Å². The molecule has 1 N–H and O–H groups in total. The normalized spacial score (nSPS) is 13.8. The summed E-state index contributed by atoms with van der Waals surface area (Å²) in [5.74, 6) is -0.715. The van der Waals surface area contributed by atoms with Crippen LogP contribution in [-0.4, -0.2) is 51.2 Å². The number of benzene rings is 2. The van der Waals surface area contributed by atoms with Gasteiger partial charge in [-0.05, 0) is 36.2 Å². The smallest absolute Gasteiger partial charge is 0.240 e. The van der Waals surface area contributed by atoms with Gasteiger partial charge in [-0.1, -0.05) is 24.3 Å². The molecule has 1 heterocycles. The Kier molecular flexibility index (Phi) is 7.19. The van der Waals surface area contributed by atoms with E-state index in [1.165, 1.54) is 24.0 Å². The summed E-state index contributed by atoms with van der Waals surface area (Å²) in [6, 6.07) is 13.8. The van der Waals surface area contributed by atoms with Crippen molar-refractivity contribution in [3.8, 4) is 0 Å². The molecule has 0 radical (unpaired) electrons. The van der Waals surface area contributed by atoms with E-state index in [4.69, 9.17) is 4.74 Å². The Morgan fingerprint density at radius 3 is 2.48 bits per heavy atom. The van der Waals surface area contributed by atoms with Gasteiger partial charge >= 0.3 is 0 Å². The van der Waals surface area contributed by atoms with Crippen LogP contribution in [0.2, 0.25) is 0 Å².